The topological polar surface area (TPSA) is 9.23 Å². The van der Waals surface area contributed by atoms with E-state index in [-0.39, 0.29) is 10.8 Å². The summed E-state index contributed by atoms with van der Waals surface area (Å²) >= 11 is 0. The zero-order valence-electron chi connectivity index (χ0n) is 12.6. The van der Waals surface area contributed by atoms with Crippen molar-refractivity contribution in [2.45, 2.75) is 71.3 Å². The zero-order valence-corrected chi connectivity index (χ0v) is 12.6. The SMILES string of the molecule is CC(C)(C)c1cccc(OC2CC2)c1C(C)(C)C. The summed E-state index contributed by atoms with van der Waals surface area (Å²) in [6.07, 6.45) is 2.88. The van der Waals surface area contributed by atoms with Crippen molar-refractivity contribution >= 4 is 0 Å². The van der Waals surface area contributed by atoms with E-state index < -0.39 is 0 Å². The third kappa shape index (κ3) is 2.88. The van der Waals surface area contributed by atoms with Gasteiger partial charge in [-0.2, -0.15) is 0 Å². The van der Waals surface area contributed by atoms with Crippen LogP contribution < -0.4 is 4.74 Å². The highest BCUT2D eigenvalue weighted by Crippen LogP contribution is 2.41. The highest BCUT2D eigenvalue weighted by Gasteiger charge is 2.31. The summed E-state index contributed by atoms with van der Waals surface area (Å²) in [5.41, 5.74) is 3.07. The Kier molecular flexibility index (Phi) is 3.21. The second kappa shape index (κ2) is 4.29. The largest absolute Gasteiger partial charge is 0.490 e. The third-order valence-corrected chi connectivity index (χ3v) is 3.40. The smallest absolute Gasteiger partial charge is 0.123 e. The normalized spacial score (nSPS) is 16.8. The van der Waals surface area contributed by atoms with Gasteiger partial charge < -0.3 is 4.74 Å². The van der Waals surface area contributed by atoms with Crippen molar-refractivity contribution in [3.8, 4) is 5.75 Å². The molecule has 0 heterocycles. The van der Waals surface area contributed by atoms with Crippen LogP contribution >= 0.6 is 0 Å². The second-order valence-electron chi connectivity index (χ2n) is 7.50. The Morgan fingerprint density at radius 3 is 2.00 bits per heavy atom. The Hall–Kier alpha value is -0.980. The van der Waals surface area contributed by atoms with Crippen molar-refractivity contribution in [1.82, 2.24) is 0 Å². The van der Waals surface area contributed by atoms with E-state index in [1.54, 1.807) is 0 Å². The summed E-state index contributed by atoms with van der Waals surface area (Å²) in [4.78, 5) is 0. The van der Waals surface area contributed by atoms with Crippen molar-refractivity contribution in [1.29, 1.82) is 0 Å². The Morgan fingerprint density at radius 2 is 1.56 bits per heavy atom. The molecular formula is C17H26O. The summed E-state index contributed by atoms with van der Waals surface area (Å²) in [5.74, 6) is 1.09. The summed E-state index contributed by atoms with van der Waals surface area (Å²) in [6.45, 7) is 13.7. The molecule has 0 spiro atoms. The van der Waals surface area contributed by atoms with Gasteiger partial charge in [-0.15, -0.1) is 0 Å². The number of rotatable bonds is 2. The van der Waals surface area contributed by atoms with E-state index in [9.17, 15) is 0 Å². The van der Waals surface area contributed by atoms with Gasteiger partial charge in [0.2, 0.25) is 0 Å². The van der Waals surface area contributed by atoms with E-state index in [2.05, 4.69) is 59.7 Å². The summed E-state index contributed by atoms with van der Waals surface area (Å²) in [6, 6.07) is 6.52. The van der Waals surface area contributed by atoms with Crippen LogP contribution in [0, 0.1) is 0 Å². The standard InChI is InChI=1S/C17H26O/c1-16(2,3)13-8-7-9-14(18-12-10-11-12)15(13)17(4,5)6/h7-9,12H,10-11H2,1-6H3. The predicted molar refractivity (Wildman–Crippen MR) is 77.5 cm³/mol. The lowest BCUT2D eigenvalue weighted by molar-refractivity contribution is 0.293. The molecule has 1 aliphatic carbocycles. The Labute approximate surface area is 112 Å². The van der Waals surface area contributed by atoms with Crippen LogP contribution in [0.25, 0.3) is 0 Å². The molecule has 1 aromatic rings. The fourth-order valence-electron chi connectivity index (χ4n) is 2.39. The Balaban J connectivity index is 2.52. The second-order valence-corrected chi connectivity index (χ2v) is 7.50. The molecule has 1 heteroatoms. The molecule has 0 unspecified atom stereocenters. The van der Waals surface area contributed by atoms with Crippen molar-refractivity contribution in [3.05, 3.63) is 29.3 Å². The third-order valence-electron chi connectivity index (χ3n) is 3.40. The Morgan fingerprint density at radius 1 is 0.944 bits per heavy atom. The van der Waals surface area contributed by atoms with Crippen LogP contribution in [0.15, 0.2) is 18.2 Å². The van der Waals surface area contributed by atoms with Gasteiger partial charge in [-0.25, -0.2) is 0 Å². The van der Waals surface area contributed by atoms with E-state index in [4.69, 9.17) is 4.74 Å². The fourth-order valence-corrected chi connectivity index (χ4v) is 2.39. The average Bonchev–Trinajstić information content (AvgIpc) is 2.98. The van der Waals surface area contributed by atoms with Crippen LogP contribution in [0.1, 0.15) is 65.5 Å². The first kappa shape index (κ1) is 13.5. The number of hydrogen-bond donors (Lipinski definition) is 0. The van der Waals surface area contributed by atoms with Gasteiger partial charge in [0.15, 0.2) is 0 Å². The van der Waals surface area contributed by atoms with Gasteiger partial charge in [0.25, 0.3) is 0 Å². The highest BCUT2D eigenvalue weighted by atomic mass is 16.5. The van der Waals surface area contributed by atoms with Gasteiger partial charge in [0.1, 0.15) is 5.75 Å². The van der Waals surface area contributed by atoms with Crippen LogP contribution in [0.5, 0.6) is 5.75 Å². The molecule has 1 saturated carbocycles. The van der Waals surface area contributed by atoms with Gasteiger partial charge in [-0.1, -0.05) is 53.7 Å². The zero-order chi connectivity index (χ0) is 13.6. The molecule has 1 nitrogen and oxygen atoms in total. The van der Waals surface area contributed by atoms with E-state index in [1.807, 2.05) is 0 Å². The minimum absolute atomic E-state index is 0.119. The summed E-state index contributed by atoms with van der Waals surface area (Å²) < 4.78 is 6.12. The minimum Gasteiger partial charge on any atom is -0.490 e. The van der Waals surface area contributed by atoms with Crippen molar-refractivity contribution in [3.63, 3.8) is 0 Å². The van der Waals surface area contributed by atoms with Gasteiger partial charge >= 0.3 is 0 Å². The molecule has 0 N–H and O–H groups in total. The van der Waals surface area contributed by atoms with Crippen molar-refractivity contribution in [2.24, 2.45) is 0 Å². The van der Waals surface area contributed by atoms with Gasteiger partial charge in [0, 0.05) is 5.56 Å². The van der Waals surface area contributed by atoms with E-state index in [0.717, 1.165) is 5.75 Å². The van der Waals surface area contributed by atoms with Gasteiger partial charge in [-0.3, -0.25) is 0 Å². The maximum atomic E-state index is 6.12. The lowest BCUT2D eigenvalue weighted by atomic mass is 9.75. The summed E-state index contributed by atoms with van der Waals surface area (Å²) in [5, 5.41) is 0. The molecule has 18 heavy (non-hydrogen) atoms. The fraction of sp³-hybridized carbons (Fsp3) is 0.647. The quantitative estimate of drug-likeness (QED) is 0.726. The first-order chi connectivity index (χ1) is 8.19. The highest BCUT2D eigenvalue weighted by molar-refractivity contribution is 5.47. The first-order valence-electron chi connectivity index (χ1n) is 7.00. The van der Waals surface area contributed by atoms with Crippen LogP contribution in [0.2, 0.25) is 0 Å². The van der Waals surface area contributed by atoms with Crippen LogP contribution in [-0.4, -0.2) is 6.10 Å². The van der Waals surface area contributed by atoms with E-state index >= 15 is 0 Å². The molecule has 0 amide bonds. The Bertz CT molecular complexity index is 428. The van der Waals surface area contributed by atoms with E-state index in [0.29, 0.717) is 6.10 Å². The maximum absolute atomic E-state index is 6.12. The van der Waals surface area contributed by atoms with Gasteiger partial charge in [-0.05, 0) is 35.3 Å². The van der Waals surface area contributed by atoms with Crippen LogP contribution in [0.3, 0.4) is 0 Å². The first-order valence-corrected chi connectivity index (χ1v) is 7.00. The van der Waals surface area contributed by atoms with Crippen molar-refractivity contribution < 1.29 is 4.74 Å². The molecule has 0 atom stereocenters. The van der Waals surface area contributed by atoms with Crippen LogP contribution in [-0.2, 0) is 10.8 Å². The van der Waals surface area contributed by atoms with E-state index in [1.165, 1.54) is 24.0 Å². The molecule has 1 aromatic carbocycles. The monoisotopic (exact) mass is 246 g/mol. The average molecular weight is 246 g/mol. The maximum Gasteiger partial charge on any atom is 0.123 e. The molecule has 0 bridgehead atoms. The molecule has 0 aliphatic heterocycles. The number of benzene rings is 1. The molecule has 0 saturated heterocycles. The molecule has 1 fully saturated rings. The lowest BCUT2D eigenvalue weighted by Gasteiger charge is -2.32. The molecule has 1 aliphatic rings. The summed E-state index contributed by atoms with van der Waals surface area (Å²) in [7, 11) is 0. The number of ether oxygens (including phenoxy) is 1. The van der Waals surface area contributed by atoms with Crippen molar-refractivity contribution in [2.75, 3.05) is 0 Å². The molecular weight excluding hydrogens is 220 g/mol. The molecule has 2 rings (SSSR count). The lowest BCUT2D eigenvalue weighted by Crippen LogP contribution is -2.23. The van der Waals surface area contributed by atoms with Crippen LogP contribution in [0.4, 0.5) is 0 Å². The van der Waals surface area contributed by atoms with Gasteiger partial charge in [0.05, 0.1) is 6.10 Å². The molecule has 0 radical (unpaired) electrons. The molecule has 100 valence electrons. The predicted octanol–water partition coefficient (Wildman–Crippen LogP) is 4.82. The minimum atomic E-state index is 0.119. The molecule has 0 aromatic heterocycles. The number of hydrogen-bond acceptors (Lipinski definition) is 1.